The minimum absolute atomic E-state index is 0.168. The molecule has 2 aliphatic heterocycles. The molecule has 1 spiro atoms. The van der Waals surface area contributed by atoms with E-state index in [2.05, 4.69) is 10.6 Å². The van der Waals surface area contributed by atoms with E-state index in [4.69, 9.17) is 0 Å². The van der Waals surface area contributed by atoms with Crippen molar-refractivity contribution in [1.29, 1.82) is 0 Å². The second-order valence-corrected chi connectivity index (χ2v) is 5.92. The quantitative estimate of drug-likeness (QED) is 0.816. The first-order valence-corrected chi connectivity index (χ1v) is 7.31. The standard InChI is InChI=1S/C15H16F3N3O2/c16-15(17,18)11-4-2-1-3-10(11)9-21-7-5-14(6-8-21)12(22)19-13(23)20-14/h1-4H,5-9H2,(H2,19,20,22,23). The zero-order valence-corrected chi connectivity index (χ0v) is 12.2. The lowest BCUT2D eigenvalue weighted by Crippen LogP contribution is -2.54. The van der Waals surface area contributed by atoms with Gasteiger partial charge in [0.1, 0.15) is 5.54 Å². The molecule has 2 fully saturated rings. The molecule has 0 aromatic heterocycles. The van der Waals surface area contributed by atoms with Crippen LogP contribution in [0.3, 0.4) is 0 Å². The van der Waals surface area contributed by atoms with Crippen molar-refractivity contribution in [2.75, 3.05) is 13.1 Å². The Morgan fingerprint density at radius 1 is 1.13 bits per heavy atom. The molecule has 0 bridgehead atoms. The summed E-state index contributed by atoms with van der Waals surface area (Å²) in [5.41, 5.74) is -1.32. The lowest BCUT2D eigenvalue weighted by molar-refractivity contribution is -0.138. The smallest absolute Gasteiger partial charge is 0.323 e. The van der Waals surface area contributed by atoms with Gasteiger partial charge in [-0.3, -0.25) is 15.0 Å². The van der Waals surface area contributed by atoms with Gasteiger partial charge in [-0.1, -0.05) is 18.2 Å². The molecule has 8 heteroatoms. The third-order valence-electron chi connectivity index (χ3n) is 4.44. The fraction of sp³-hybridized carbons (Fsp3) is 0.467. The highest BCUT2D eigenvalue weighted by Crippen LogP contribution is 2.33. The van der Waals surface area contributed by atoms with Crippen LogP contribution in [0.4, 0.5) is 18.0 Å². The van der Waals surface area contributed by atoms with Crippen LogP contribution in [0.2, 0.25) is 0 Å². The average molecular weight is 327 g/mol. The molecule has 3 rings (SSSR count). The second-order valence-electron chi connectivity index (χ2n) is 5.92. The summed E-state index contributed by atoms with van der Waals surface area (Å²) in [5, 5.41) is 4.85. The molecule has 0 aliphatic carbocycles. The molecule has 23 heavy (non-hydrogen) atoms. The van der Waals surface area contributed by atoms with Gasteiger partial charge in [-0.15, -0.1) is 0 Å². The van der Waals surface area contributed by atoms with Gasteiger partial charge in [0.2, 0.25) is 0 Å². The molecular weight excluding hydrogens is 311 g/mol. The first-order chi connectivity index (χ1) is 10.8. The summed E-state index contributed by atoms with van der Waals surface area (Å²) in [5.74, 6) is -0.349. The molecular formula is C15H16F3N3O2. The molecule has 1 aromatic carbocycles. The van der Waals surface area contributed by atoms with Gasteiger partial charge < -0.3 is 5.32 Å². The zero-order valence-electron chi connectivity index (χ0n) is 12.2. The number of hydrogen-bond acceptors (Lipinski definition) is 3. The lowest BCUT2D eigenvalue weighted by atomic mass is 9.87. The second kappa shape index (κ2) is 5.52. The van der Waals surface area contributed by atoms with Crippen LogP contribution in [-0.4, -0.2) is 35.5 Å². The van der Waals surface area contributed by atoms with Crippen LogP contribution in [0.15, 0.2) is 24.3 Å². The van der Waals surface area contributed by atoms with Crippen LogP contribution >= 0.6 is 0 Å². The van der Waals surface area contributed by atoms with Crippen molar-refractivity contribution in [3.8, 4) is 0 Å². The number of rotatable bonds is 2. The Morgan fingerprint density at radius 3 is 2.35 bits per heavy atom. The highest BCUT2D eigenvalue weighted by Gasteiger charge is 2.47. The number of alkyl halides is 3. The third kappa shape index (κ3) is 3.03. The first kappa shape index (κ1) is 15.8. The number of imide groups is 1. The Hall–Kier alpha value is -2.09. The van der Waals surface area contributed by atoms with Crippen molar-refractivity contribution in [2.45, 2.75) is 31.1 Å². The molecule has 124 valence electrons. The molecule has 2 saturated heterocycles. The molecule has 5 nitrogen and oxygen atoms in total. The number of halogens is 3. The molecule has 0 radical (unpaired) electrons. The number of piperidine rings is 1. The van der Waals surface area contributed by atoms with Gasteiger partial charge in [0.05, 0.1) is 5.56 Å². The summed E-state index contributed by atoms with van der Waals surface area (Å²) in [6.07, 6.45) is -3.61. The number of benzene rings is 1. The van der Waals surface area contributed by atoms with E-state index in [9.17, 15) is 22.8 Å². The highest BCUT2D eigenvalue weighted by molar-refractivity contribution is 6.07. The van der Waals surface area contributed by atoms with E-state index in [1.807, 2.05) is 4.90 Å². The van der Waals surface area contributed by atoms with Crippen LogP contribution in [0.1, 0.15) is 24.0 Å². The van der Waals surface area contributed by atoms with E-state index < -0.39 is 23.3 Å². The number of carbonyl (C=O) groups excluding carboxylic acids is 2. The molecule has 3 amide bonds. The Bertz CT molecular complexity index is 637. The maximum absolute atomic E-state index is 13.0. The zero-order chi connectivity index (χ0) is 16.7. The van der Waals surface area contributed by atoms with Crippen molar-refractivity contribution in [3.63, 3.8) is 0 Å². The minimum atomic E-state index is -4.38. The largest absolute Gasteiger partial charge is 0.416 e. The van der Waals surface area contributed by atoms with Crippen LogP contribution in [0.25, 0.3) is 0 Å². The summed E-state index contributed by atoms with van der Waals surface area (Å²) in [6.45, 7) is 1.06. The van der Waals surface area contributed by atoms with Gasteiger partial charge in [0.25, 0.3) is 5.91 Å². The molecule has 2 aliphatic rings. The monoisotopic (exact) mass is 327 g/mol. The molecule has 0 unspecified atom stereocenters. The predicted octanol–water partition coefficient (Wildman–Crippen LogP) is 1.88. The third-order valence-corrected chi connectivity index (χ3v) is 4.44. The van der Waals surface area contributed by atoms with E-state index in [0.717, 1.165) is 6.07 Å². The van der Waals surface area contributed by atoms with Gasteiger partial charge >= 0.3 is 12.2 Å². The molecule has 2 heterocycles. The number of nitrogens with one attached hydrogen (secondary N) is 2. The van der Waals surface area contributed by atoms with E-state index in [1.54, 1.807) is 6.07 Å². The van der Waals surface area contributed by atoms with Gasteiger partial charge in [0.15, 0.2) is 0 Å². The number of hydrogen-bond donors (Lipinski definition) is 2. The summed E-state index contributed by atoms with van der Waals surface area (Å²) in [4.78, 5) is 25.0. The fourth-order valence-corrected chi connectivity index (χ4v) is 3.15. The van der Waals surface area contributed by atoms with Crippen molar-refractivity contribution in [3.05, 3.63) is 35.4 Å². The van der Waals surface area contributed by atoms with Crippen LogP contribution in [0.5, 0.6) is 0 Å². The topological polar surface area (TPSA) is 61.4 Å². The summed E-state index contributed by atoms with van der Waals surface area (Å²) >= 11 is 0. The van der Waals surface area contributed by atoms with Gasteiger partial charge in [0, 0.05) is 19.6 Å². The Balaban J connectivity index is 1.68. The first-order valence-electron chi connectivity index (χ1n) is 7.31. The Kier molecular flexibility index (Phi) is 3.79. The highest BCUT2D eigenvalue weighted by atomic mass is 19.4. The predicted molar refractivity (Wildman–Crippen MR) is 75.4 cm³/mol. The average Bonchev–Trinajstić information content (AvgIpc) is 2.75. The number of nitrogens with zero attached hydrogens (tertiary/aromatic N) is 1. The summed E-state index contributed by atoms with van der Waals surface area (Å²) in [7, 11) is 0. The number of urea groups is 1. The maximum atomic E-state index is 13.0. The van der Waals surface area contributed by atoms with E-state index in [-0.39, 0.29) is 18.0 Å². The SMILES string of the molecule is O=C1NC(=O)C2(CCN(Cc3ccccc3C(F)(F)F)CC2)N1. The molecule has 0 saturated carbocycles. The summed E-state index contributed by atoms with van der Waals surface area (Å²) < 4.78 is 39.1. The number of likely N-dealkylation sites (tertiary alicyclic amines) is 1. The number of amides is 3. The van der Waals surface area contributed by atoms with E-state index in [0.29, 0.717) is 25.9 Å². The van der Waals surface area contributed by atoms with Crippen LogP contribution < -0.4 is 10.6 Å². The van der Waals surface area contributed by atoms with Gasteiger partial charge in [-0.2, -0.15) is 13.2 Å². The Morgan fingerprint density at radius 2 is 1.78 bits per heavy atom. The Labute approximate surface area is 130 Å². The normalized spacial score (nSPS) is 21.3. The molecule has 1 aromatic rings. The van der Waals surface area contributed by atoms with Crippen molar-refractivity contribution in [1.82, 2.24) is 15.5 Å². The molecule has 2 N–H and O–H groups in total. The number of carbonyl (C=O) groups is 2. The molecule has 0 atom stereocenters. The van der Waals surface area contributed by atoms with E-state index >= 15 is 0 Å². The fourth-order valence-electron chi connectivity index (χ4n) is 3.15. The van der Waals surface area contributed by atoms with Crippen molar-refractivity contribution < 1.29 is 22.8 Å². The van der Waals surface area contributed by atoms with Crippen LogP contribution in [0, 0.1) is 0 Å². The lowest BCUT2D eigenvalue weighted by Gasteiger charge is -2.37. The van der Waals surface area contributed by atoms with Gasteiger partial charge in [-0.25, -0.2) is 4.79 Å². The van der Waals surface area contributed by atoms with Gasteiger partial charge in [-0.05, 0) is 24.5 Å². The maximum Gasteiger partial charge on any atom is 0.416 e. The van der Waals surface area contributed by atoms with Crippen molar-refractivity contribution in [2.24, 2.45) is 0 Å². The van der Waals surface area contributed by atoms with Crippen LogP contribution in [-0.2, 0) is 17.5 Å². The van der Waals surface area contributed by atoms with Crippen molar-refractivity contribution >= 4 is 11.9 Å². The summed E-state index contributed by atoms with van der Waals surface area (Å²) in [6, 6.07) is 4.99. The minimum Gasteiger partial charge on any atom is -0.323 e. The van der Waals surface area contributed by atoms with E-state index in [1.165, 1.54) is 12.1 Å².